The molecule has 1 aromatic carbocycles. The highest BCUT2D eigenvalue weighted by molar-refractivity contribution is 7.14. The molecule has 0 amide bonds. The third-order valence-corrected chi connectivity index (χ3v) is 7.46. The van der Waals surface area contributed by atoms with E-state index in [0.717, 1.165) is 23.3 Å². The van der Waals surface area contributed by atoms with Crippen LogP contribution >= 0.6 is 22.9 Å². The van der Waals surface area contributed by atoms with Crippen molar-refractivity contribution in [2.75, 3.05) is 5.32 Å². The van der Waals surface area contributed by atoms with Crippen molar-refractivity contribution in [2.24, 2.45) is 11.8 Å². The molecule has 2 aromatic heterocycles. The third-order valence-electron chi connectivity index (χ3n) is 6.14. The van der Waals surface area contributed by atoms with E-state index in [1.807, 2.05) is 43.3 Å². The Labute approximate surface area is 190 Å². The number of anilines is 1. The molecule has 1 fully saturated rings. The Morgan fingerprint density at radius 2 is 2.16 bits per heavy atom. The van der Waals surface area contributed by atoms with Crippen LogP contribution in [-0.2, 0) is 6.42 Å². The van der Waals surface area contributed by atoms with Crippen LogP contribution in [0, 0.1) is 11.8 Å². The Balaban J connectivity index is 1.52. The van der Waals surface area contributed by atoms with Gasteiger partial charge in [-0.2, -0.15) is 0 Å². The molecule has 3 aromatic rings. The molecular formula is C24H25ClFN3OS. The molecule has 1 N–H and O–H groups in total. The summed E-state index contributed by atoms with van der Waals surface area (Å²) in [6.07, 6.45) is 4.32. The maximum atomic E-state index is 14.8. The van der Waals surface area contributed by atoms with Gasteiger partial charge in [0.2, 0.25) is 5.78 Å². The predicted molar refractivity (Wildman–Crippen MR) is 124 cm³/mol. The zero-order valence-electron chi connectivity index (χ0n) is 17.5. The van der Waals surface area contributed by atoms with Crippen molar-refractivity contribution in [1.82, 2.24) is 9.97 Å². The van der Waals surface area contributed by atoms with Crippen molar-refractivity contribution in [3.05, 3.63) is 74.8 Å². The van der Waals surface area contributed by atoms with E-state index in [1.54, 1.807) is 0 Å². The minimum Gasteiger partial charge on any atom is -0.364 e. The fourth-order valence-electron chi connectivity index (χ4n) is 4.34. The van der Waals surface area contributed by atoms with Gasteiger partial charge >= 0.3 is 0 Å². The van der Waals surface area contributed by atoms with Crippen molar-refractivity contribution in [2.45, 2.75) is 45.3 Å². The monoisotopic (exact) mass is 457 g/mol. The van der Waals surface area contributed by atoms with Crippen LogP contribution in [0.3, 0.4) is 0 Å². The van der Waals surface area contributed by atoms with Gasteiger partial charge in [0, 0.05) is 22.5 Å². The number of benzene rings is 1. The van der Waals surface area contributed by atoms with E-state index in [1.165, 1.54) is 23.9 Å². The first-order valence-electron chi connectivity index (χ1n) is 10.5. The molecule has 31 heavy (non-hydrogen) atoms. The molecule has 0 spiro atoms. The average Bonchev–Trinajstić information content (AvgIpc) is 3.33. The second-order valence-corrected chi connectivity index (χ2v) is 9.75. The Morgan fingerprint density at radius 3 is 2.90 bits per heavy atom. The molecule has 1 saturated carbocycles. The van der Waals surface area contributed by atoms with Gasteiger partial charge in [-0.25, -0.2) is 14.4 Å². The molecule has 0 unspecified atom stereocenters. The lowest BCUT2D eigenvalue weighted by molar-refractivity contribution is 0.104. The van der Waals surface area contributed by atoms with Gasteiger partial charge in [-0.15, -0.1) is 11.3 Å². The van der Waals surface area contributed by atoms with E-state index >= 15 is 0 Å². The second-order valence-electron chi connectivity index (χ2n) is 8.15. The Hall–Kier alpha value is -2.31. The molecule has 0 aliphatic heterocycles. The van der Waals surface area contributed by atoms with Gasteiger partial charge in [-0.05, 0) is 48.1 Å². The molecule has 4 atom stereocenters. The number of aromatic nitrogens is 2. The van der Waals surface area contributed by atoms with Crippen molar-refractivity contribution in [1.29, 1.82) is 0 Å². The highest BCUT2D eigenvalue weighted by atomic mass is 35.5. The van der Waals surface area contributed by atoms with E-state index < -0.39 is 6.17 Å². The van der Waals surface area contributed by atoms with Crippen molar-refractivity contribution >= 4 is 34.5 Å². The molecule has 2 heterocycles. The molecule has 1 aliphatic carbocycles. The lowest BCUT2D eigenvalue weighted by atomic mass is 9.95. The number of nitrogens with one attached hydrogen (secondary N) is 1. The first-order valence-corrected chi connectivity index (χ1v) is 11.7. The maximum Gasteiger partial charge on any atom is 0.208 e. The summed E-state index contributed by atoms with van der Waals surface area (Å²) in [5.41, 5.74) is 1.46. The van der Waals surface area contributed by atoms with Crippen molar-refractivity contribution in [3.8, 4) is 0 Å². The summed E-state index contributed by atoms with van der Waals surface area (Å²) in [7, 11) is 0. The van der Waals surface area contributed by atoms with Gasteiger partial charge in [0.15, 0.2) is 0 Å². The topological polar surface area (TPSA) is 54.9 Å². The fourth-order valence-corrected chi connectivity index (χ4v) is 5.55. The number of halogens is 2. The number of thiophene rings is 1. The molecule has 162 valence electrons. The van der Waals surface area contributed by atoms with Gasteiger partial charge in [0.1, 0.15) is 18.3 Å². The first kappa shape index (κ1) is 21.9. The third kappa shape index (κ3) is 4.80. The highest BCUT2D eigenvalue weighted by Crippen LogP contribution is 2.38. The summed E-state index contributed by atoms with van der Waals surface area (Å²) in [5, 5.41) is 3.90. The van der Waals surface area contributed by atoms with E-state index in [4.69, 9.17) is 11.6 Å². The van der Waals surface area contributed by atoms with Crippen LogP contribution in [-0.4, -0.2) is 28.0 Å². The number of nitrogens with zero attached hydrogens (tertiary/aromatic N) is 2. The first-order chi connectivity index (χ1) is 15.0. The number of ketones is 1. The molecule has 0 radical (unpaired) electrons. The summed E-state index contributed by atoms with van der Waals surface area (Å²) in [6, 6.07) is 11.1. The van der Waals surface area contributed by atoms with Crippen molar-refractivity contribution < 1.29 is 9.18 Å². The van der Waals surface area contributed by atoms with Crippen LogP contribution in [0.25, 0.3) is 0 Å². The van der Waals surface area contributed by atoms with Crippen LogP contribution < -0.4 is 5.32 Å². The van der Waals surface area contributed by atoms with Gasteiger partial charge in [-0.3, -0.25) is 4.79 Å². The Kier molecular flexibility index (Phi) is 6.68. The van der Waals surface area contributed by atoms with Gasteiger partial charge in [0.05, 0.1) is 16.5 Å². The van der Waals surface area contributed by atoms with Crippen LogP contribution in [0.2, 0.25) is 5.02 Å². The smallest absolute Gasteiger partial charge is 0.208 e. The van der Waals surface area contributed by atoms with E-state index in [2.05, 4.69) is 22.2 Å². The largest absolute Gasteiger partial charge is 0.364 e. The lowest BCUT2D eigenvalue weighted by Gasteiger charge is -2.18. The SMILES string of the molecule is CC[C@H]1C[C@@H](Nc2ncncc2C(=O)c2ccc(Cc3cccc(Cl)c3)s2)[C@@H](F)[C@@H]1C. The summed E-state index contributed by atoms with van der Waals surface area (Å²) in [6.45, 7) is 4.05. The van der Waals surface area contributed by atoms with E-state index in [-0.39, 0.29) is 17.7 Å². The number of carbonyl (C=O) groups is 1. The number of carbonyl (C=O) groups excluding carboxylic acids is 1. The molecule has 4 nitrogen and oxygen atoms in total. The molecule has 0 bridgehead atoms. The lowest BCUT2D eigenvalue weighted by Crippen LogP contribution is -2.29. The van der Waals surface area contributed by atoms with E-state index in [9.17, 15) is 9.18 Å². The van der Waals surface area contributed by atoms with Crippen LogP contribution in [0.1, 0.15) is 52.4 Å². The Bertz CT molecular complexity index is 1070. The minimum atomic E-state index is -0.964. The number of alkyl halides is 1. The van der Waals surface area contributed by atoms with Gasteiger partial charge < -0.3 is 5.32 Å². The predicted octanol–water partition coefficient (Wildman–Crippen LogP) is 6.20. The summed E-state index contributed by atoms with van der Waals surface area (Å²) < 4.78 is 14.8. The molecule has 4 rings (SSSR count). The minimum absolute atomic E-state index is 0.00478. The quantitative estimate of drug-likeness (QED) is 0.429. The molecule has 7 heteroatoms. The van der Waals surface area contributed by atoms with Crippen LogP contribution in [0.5, 0.6) is 0 Å². The number of hydrogen-bond acceptors (Lipinski definition) is 5. The van der Waals surface area contributed by atoms with Crippen molar-refractivity contribution in [3.63, 3.8) is 0 Å². The zero-order valence-corrected chi connectivity index (χ0v) is 19.1. The van der Waals surface area contributed by atoms with Crippen LogP contribution in [0.15, 0.2) is 48.9 Å². The highest BCUT2D eigenvalue weighted by Gasteiger charge is 2.40. The number of hydrogen-bond donors (Lipinski definition) is 1. The molecule has 1 aliphatic rings. The summed E-state index contributed by atoms with van der Waals surface area (Å²) in [5.74, 6) is 0.579. The maximum absolute atomic E-state index is 14.8. The second kappa shape index (κ2) is 9.45. The normalized spacial score (nSPS) is 23.1. The average molecular weight is 458 g/mol. The van der Waals surface area contributed by atoms with E-state index in [0.29, 0.717) is 33.6 Å². The standard InChI is InChI=1S/C24H25ClFN3OS/c1-3-16-11-20(22(26)14(16)2)29-24-19(12-27-13-28-24)23(30)21-8-7-18(31-21)10-15-5-4-6-17(25)9-15/h4-9,12-14,16,20,22H,3,10-11H2,1-2H3,(H,27,28,29)/t14-,16+,20-,22+/m1/s1. The van der Waals surface area contributed by atoms with Crippen LogP contribution in [0.4, 0.5) is 10.2 Å². The summed E-state index contributed by atoms with van der Waals surface area (Å²) in [4.78, 5) is 23.2. The summed E-state index contributed by atoms with van der Waals surface area (Å²) >= 11 is 7.52. The van der Waals surface area contributed by atoms with Gasteiger partial charge in [-0.1, -0.05) is 44.0 Å². The zero-order chi connectivity index (χ0) is 22.0. The number of rotatable bonds is 7. The fraction of sp³-hybridized carbons (Fsp3) is 0.375. The molecular weight excluding hydrogens is 433 g/mol. The van der Waals surface area contributed by atoms with Gasteiger partial charge in [0.25, 0.3) is 0 Å². The molecule has 0 saturated heterocycles. The Morgan fingerprint density at radius 1 is 1.32 bits per heavy atom.